The Kier molecular flexibility index (Phi) is 5.83. The minimum absolute atomic E-state index is 0.619. The van der Waals surface area contributed by atoms with E-state index in [1.165, 1.54) is 0 Å². The lowest BCUT2D eigenvalue weighted by Crippen LogP contribution is -2.09. The molecule has 0 bridgehead atoms. The Morgan fingerprint density at radius 3 is 2.36 bits per heavy atom. The number of hydrogen-bond acceptors (Lipinski definition) is 4. The molecule has 0 unspecified atom stereocenters. The predicted octanol–water partition coefficient (Wildman–Crippen LogP) is 3.98. The van der Waals surface area contributed by atoms with Gasteiger partial charge >= 0.3 is 0 Å². The number of hydrogen-bond donors (Lipinski definition) is 1. The van der Waals surface area contributed by atoms with Crippen LogP contribution in [0.5, 0.6) is 11.5 Å². The average Bonchev–Trinajstić information content (AvgIpc) is 2.55. The van der Waals surface area contributed by atoms with Gasteiger partial charge in [0, 0.05) is 4.47 Å². The molecule has 4 nitrogen and oxygen atoms in total. The second-order valence-electron chi connectivity index (χ2n) is 4.73. The summed E-state index contributed by atoms with van der Waals surface area (Å²) in [5.74, 6) is 1.44. The summed E-state index contributed by atoms with van der Waals surface area (Å²) in [6.45, 7) is 2.60. The summed E-state index contributed by atoms with van der Waals surface area (Å²) in [5, 5.41) is 4.40. The van der Waals surface area contributed by atoms with Gasteiger partial charge in [-0.15, -0.1) is 0 Å². The van der Waals surface area contributed by atoms with Crippen molar-refractivity contribution in [3.63, 3.8) is 0 Å². The number of rotatable bonds is 6. The van der Waals surface area contributed by atoms with Crippen LogP contribution in [0.25, 0.3) is 0 Å². The van der Waals surface area contributed by atoms with E-state index in [1.807, 2.05) is 49.4 Å². The van der Waals surface area contributed by atoms with Gasteiger partial charge in [-0.1, -0.05) is 34.1 Å². The van der Waals surface area contributed by atoms with E-state index < -0.39 is 0 Å². The molecule has 0 aliphatic rings. The average molecular weight is 363 g/mol. The van der Waals surface area contributed by atoms with Crippen molar-refractivity contribution in [1.82, 2.24) is 5.43 Å². The van der Waals surface area contributed by atoms with Crippen LogP contribution in [0.2, 0.25) is 0 Å². The van der Waals surface area contributed by atoms with Gasteiger partial charge in [-0.2, -0.15) is 5.10 Å². The van der Waals surface area contributed by atoms with Gasteiger partial charge in [0.1, 0.15) is 0 Å². The standard InChI is InChI=1S/C17H19BrN2O2/c1-12(14-5-7-15(18)8-6-14)20-19-11-13-4-9-16(21-2)17(10-13)22-3/h4-10,19H,11H2,1-3H3/b20-12+. The molecule has 1 N–H and O–H groups in total. The first kappa shape index (κ1) is 16.4. The molecule has 2 aromatic carbocycles. The highest BCUT2D eigenvalue weighted by molar-refractivity contribution is 9.10. The molecule has 0 fully saturated rings. The molecule has 0 atom stereocenters. The van der Waals surface area contributed by atoms with E-state index in [0.29, 0.717) is 6.54 Å². The molecular formula is C17H19BrN2O2. The minimum Gasteiger partial charge on any atom is -0.493 e. The molecule has 0 spiro atoms. The first-order chi connectivity index (χ1) is 10.6. The maximum absolute atomic E-state index is 5.29. The van der Waals surface area contributed by atoms with Crippen LogP contribution in [0, 0.1) is 0 Å². The molecule has 22 heavy (non-hydrogen) atoms. The summed E-state index contributed by atoms with van der Waals surface area (Å²) in [7, 11) is 3.26. The highest BCUT2D eigenvalue weighted by Crippen LogP contribution is 2.27. The van der Waals surface area contributed by atoms with Gasteiger partial charge in [0.25, 0.3) is 0 Å². The first-order valence-corrected chi connectivity index (χ1v) is 7.67. The van der Waals surface area contributed by atoms with E-state index in [9.17, 15) is 0 Å². The van der Waals surface area contributed by atoms with Crippen LogP contribution in [0.4, 0.5) is 0 Å². The zero-order valence-electron chi connectivity index (χ0n) is 12.9. The lowest BCUT2D eigenvalue weighted by atomic mass is 10.1. The molecule has 0 aliphatic heterocycles. The van der Waals surface area contributed by atoms with Crippen molar-refractivity contribution in [3.8, 4) is 11.5 Å². The summed E-state index contributed by atoms with van der Waals surface area (Å²) in [5.41, 5.74) is 6.18. The molecule has 0 aromatic heterocycles. The summed E-state index contributed by atoms with van der Waals surface area (Å²) >= 11 is 3.43. The molecule has 2 rings (SSSR count). The Balaban J connectivity index is 2.00. The molecule has 2 aromatic rings. The van der Waals surface area contributed by atoms with Gasteiger partial charge in [-0.25, -0.2) is 0 Å². The van der Waals surface area contributed by atoms with E-state index in [4.69, 9.17) is 9.47 Å². The van der Waals surface area contributed by atoms with E-state index in [1.54, 1.807) is 14.2 Å². The van der Waals surface area contributed by atoms with Crippen molar-refractivity contribution >= 4 is 21.6 Å². The minimum atomic E-state index is 0.619. The third-order valence-electron chi connectivity index (χ3n) is 3.24. The zero-order chi connectivity index (χ0) is 15.9. The molecule has 0 amide bonds. The van der Waals surface area contributed by atoms with Gasteiger partial charge in [0.15, 0.2) is 11.5 Å². The number of benzene rings is 2. The lowest BCUT2D eigenvalue weighted by molar-refractivity contribution is 0.354. The number of methoxy groups -OCH3 is 2. The number of nitrogens with one attached hydrogen (secondary N) is 1. The molecule has 0 heterocycles. The smallest absolute Gasteiger partial charge is 0.161 e. The summed E-state index contributed by atoms with van der Waals surface area (Å²) in [4.78, 5) is 0. The van der Waals surface area contributed by atoms with Crippen LogP contribution < -0.4 is 14.9 Å². The SMILES string of the molecule is COc1ccc(CN/N=C(\C)c2ccc(Br)cc2)cc1OC. The summed E-state index contributed by atoms with van der Waals surface area (Å²) in [6.07, 6.45) is 0. The largest absolute Gasteiger partial charge is 0.493 e. The third kappa shape index (κ3) is 4.24. The van der Waals surface area contributed by atoms with Gasteiger partial charge in [0.05, 0.1) is 26.5 Å². The Hall–Kier alpha value is -2.01. The number of ether oxygens (including phenoxy) is 2. The lowest BCUT2D eigenvalue weighted by Gasteiger charge is -2.09. The highest BCUT2D eigenvalue weighted by atomic mass is 79.9. The predicted molar refractivity (Wildman–Crippen MR) is 92.7 cm³/mol. The second-order valence-corrected chi connectivity index (χ2v) is 5.64. The number of hydrazone groups is 1. The molecular weight excluding hydrogens is 344 g/mol. The van der Waals surface area contributed by atoms with Gasteiger partial charge < -0.3 is 14.9 Å². The summed E-state index contributed by atoms with van der Waals surface area (Å²) in [6, 6.07) is 13.9. The fourth-order valence-corrected chi connectivity index (χ4v) is 2.26. The molecule has 5 heteroatoms. The van der Waals surface area contributed by atoms with E-state index in [2.05, 4.69) is 26.5 Å². The number of halogens is 1. The molecule has 0 saturated heterocycles. The highest BCUT2D eigenvalue weighted by Gasteiger charge is 2.04. The fraction of sp³-hybridized carbons (Fsp3) is 0.235. The molecule has 0 radical (unpaired) electrons. The molecule has 116 valence electrons. The van der Waals surface area contributed by atoms with Crippen molar-refractivity contribution in [1.29, 1.82) is 0 Å². The Bertz CT molecular complexity index is 654. The Labute approximate surface area is 139 Å². The van der Waals surface area contributed by atoms with E-state index in [0.717, 1.165) is 32.8 Å². The Morgan fingerprint density at radius 1 is 1.05 bits per heavy atom. The zero-order valence-corrected chi connectivity index (χ0v) is 14.5. The van der Waals surface area contributed by atoms with Crippen molar-refractivity contribution in [2.75, 3.05) is 14.2 Å². The van der Waals surface area contributed by atoms with Crippen LogP contribution in [-0.4, -0.2) is 19.9 Å². The van der Waals surface area contributed by atoms with Crippen molar-refractivity contribution in [2.45, 2.75) is 13.5 Å². The van der Waals surface area contributed by atoms with Crippen molar-refractivity contribution in [2.24, 2.45) is 5.10 Å². The quantitative estimate of drug-likeness (QED) is 0.624. The third-order valence-corrected chi connectivity index (χ3v) is 3.77. The second kappa shape index (κ2) is 7.84. The fourth-order valence-electron chi connectivity index (χ4n) is 2.00. The topological polar surface area (TPSA) is 42.8 Å². The molecule has 0 saturated carbocycles. The molecule has 0 aliphatic carbocycles. The maximum Gasteiger partial charge on any atom is 0.161 e. The van der Waals surface area contributed by atoms with Crippen molar-refractivity contribution < 1.29 is 9.47 Å². The number of nitrogens with zero attached hydrogens (tertiary/aromatic N) is 1. The maximum atomic E-state index is 5.29. The van der Waals surface area contributed by atoms with Gasteiger partial charge in [-0.3, -0.25) is 0 Å². The summed E-state index contributed by atoms with van der Waals surface area (Å²) < 4.78 is 11.6. The van der Waals surface area contributed by atoms with E-state index in [-0.39, 0.29) is 0 Å². The van der Waals surface area contributed by atoms with Crippen LogP contribution in [-0.2, 0) is 6.54 Å². The van der Waals surface area contributed by atoms with Crippen LogP contribution >= 0.6 is 15.9 Å². The Morgan fingerprint density at radius 2 is 1.73 bits per heavy atom. The normalized spacial score (nSPS) is 11.2. The van der Waals surface area contributed by atoms with Crippen molar-refractivity contribution in [3.05, 3.63) is 58.1 Å². The van der Waals surface area contributed by atoms with Crippen LogP contribution in [0.3, 0.4) is 0 Å². The van der Waals surface area contributed by atoms with Crippen LogP contribution in [0.1, 0.15) is 18.1 Å². The first-order valence-electron chi connectivity index (χ1n) is 6.88. The van der Waals surface area contributed by atoms with Gasteiger partial charge in [0.2, 0.25) is 0 Å². The van der Waals surface area contributed by atoms with E-state index >= 15 is 0 Å². The van der Waals surface area contributed by atoms with Gasteiger partial charge in [-0.05, 0) is 42.3 Å². The van der Waals surface area contributed by atoms with Crippen LogP contribution in [0.15, 0.2) is 52.0 Å². The monoisotopic (exact) mass is 362 g/mol.